The molecule has 0 fully saturated rings. The van der Waals surface area contributed by atoms with Crippen molar-refractivity contribution in [2.45, 2.75) is 18.6 Å². The van der Waals surface area contributed by atoms with Gasteiger partial charge >= 0.3 is 0 Å². The summed E-state index contributed by atoms with van der Waals surface area (Å²) in [6, 6.07) is 12.2. The first-order valence-electron chi connectivity index (χ1n) is 6.10. The lowest BCUT2D eigenvalue weighted by atomic mass is 9.93. The quantitative estimate of drug-likeness (QED) is 0.857. The summed E-state index contributed by atoms with van der Waals surface area (Å²) in [6.45, 7) is 0. The number of hydrogen-bond acceptors (Lipinski definition) is 2. The van der Waals surface area contributed by atoms with E-state index in [0.29, 0.717) is 6.42 Å². The van der Waals surface area contributed by atoms with E-state index in [1.54, 1.807) is 6.07 Å². The summed E-state index contributed by atoms with van der Waals surface area (Å²) in [6.07, 6.45) is 0.449. The van der Waals surface area contributed by atoms with Gasteiger partial charge in [0.2, 0.25) is 0 Å². The molecule has 0 saturated heterocycles. The Labute approximate surface area is 119 Å². The molecule has 0 spiro atoms. The van der Waals surface area contributed by atoms with Gasteiger partial charge in [0.05, 0.1) is 0 Å². The molecule has 2 aromatic rings. The number of hydrogen-bond donors (Lipinski definition) is 1. The molecule has 98 valence electrons. The van der Waals surface area contributed by atoms with Crippen molar-refractivity contribution in [2.24, 2.45) is 5.73 Å². The van der Waals surface area contributed by atoms with Crippen LogP contribution in [0.4, 0.5) is 4.39 Å². The minimum Gasteiger partial charge on any atom is -0.485 e. The first-order valence-corrected chi connectivity index (χ1v) is 6.90. The van der Waals surface area contributed by atoms with Gasteiger partial charge < -0.3 is 10.5 Å². The summed E-state index contributed by atoms with van der Waals surface area (Å²) in [5, 5.41) is 0. The predicted molar refractivity (Wildman–Crippen MR) is 75.5 cm³/mol. The van der Waals surface area contributed by atoms with Crippen LogP contribution in [0.3, 0.4) is 0 Å². The lowest BCUT2D eigenvalue weighted by Gasteiger charge is -2.30. The van der Waals surface area contributed by atoms with Crippen molar-refractivity contribution in [3.8, 4) is 5.75 Å². The molecule has 4 heteroatoms. The molecule has 0 aromatic heterocycles. The maximum absolute atomic E-state index is 13.3. The van der Waals surface area contributed by atoms with Crippen LogP contribution in [-0.4, -0.2) is 0 Å². The van der Waals surface area contributed by atoms with Gasteiger partial charge in [-0.25, -0.2) is 4.39 Å². The summed E-state index contributed by atoms with van der Waals surface area (Å²) < 4.78 is 20.2. The third kappa shape index (κ3) is 2.51. The van der Waals surface area contributed by atoms with Gasteiger partial charge in [-0.1, -0.05) is 34.1 Å². The van der Waals surface area contributed by atoms with E-state index in [-0.39, 0.29) is 18.0 Å². The Hall–Kier alpha value is -1.39. The largest absolute Gasteiger partial charge is 0.485 e. The molecule has 1 unspecified atom stereocenters. The first kappa shape index (κ1) is 12.6. The number of benzene rings is 2. The maximum Gasteiger partial charge on any atom is 0.126 e. The topological polar surface area (TPSA) is 35.2 Å². The minimum atomic E-state index is -0.255. The third-order valence-electron chi connectivity index (χ3n) is 3.33. The molecule has 19 heavy (non-hydrogen) atoms. The van der Waals surface area contributed by atoms with Gasteiger partial charge in [-0.3, -0.25) is 0 Å². The van der Waals surface area contributed by atoms with Gasteiger partial charge in [0.15, 0.2) is 0 Å². The van der Waals surface area contributed by atoms with Crippen molar-refractivity contribution < 1.29 is 9.13 Å². The molecule has 1 aliphatic rings. The molecule has 1 aliphatic heterocycles. The van der Waals surface area contributed by atoms with Crippen LogP contribution >= 0.6 is 15.9 Å². The predicted octanol–water partition coefficient (Wildman–Crippen LogP) is 4.11. The molecule has 2 aromatic carbocycles. The molecule has 0 amide bonds. The zero-order chi connectivity index (χ0) is 13.4. The Morgan fingerprint density at radius 1 is 1.21 bits per heavy atom. The van der Waals surface area contributed by atoms with Crippen LogP contribution in [0, 0.1) is 5.82 Å². The summed E-state index contributed by atoms with van der Waals surface area (Å²) in [7, 11) is 0. The number of ether oxygens (including phenoxy) is 1. The molecule has 3 rings (SSSR count). The second-order valence-electron chi connectivity index (χ2n) is 4.69. The van der Waals surface area contributed by atoms with E-state index >= 15 is 0 Å². The molecule has 0 aliphatic carbocycles. The summed E-state index contributed by atoms with van der Waals surface area (Å²) in [5.41, 5.74) is 7.99. The van der Waals surface area contributed by atoms with Gasteiger partial charge in [-0.2, -0.15) is 0 Å². The highest BCUT2D eigenvalue weighted by Crippen LogP contribution is 2.40. The Bertz CT molecular complexity index is 617. The molecule has 2 nitrogen and oxygen atoms in total. The van der Waals surface area contributed by atoms with Crippen molar-refractivity contribution >= 4 is 15.9 Å². The smallest absolute Gasteiger partial charge is 0.126 e. The molecule has 2 atom stereocenters. The van der Waals surface area contributed by atoms with Crippen LogP contribution < -0.4 is 10.5 Å². The van der Waals surface area contributed by atoms with Gasteiger partial charge in [-0.05, 0) is 29.8 Å². The van der Waals surface area contributed by atoms with Gasteiger partial charge in [0.25, 0.3) is 0 Å². The number of nitrogens with two attached hydrogens (primary N) is 1. The molecule has 1 heterocycles. The van der Waals surface area contributed by atoms with Gasteiger partial charge in [0.1, 0.15) is 17.7 Å². The van der Waals surface area contributed by atoms with Gasteiger partial charge in [-0.15, -0.1) is 0 Å². The number of rotatable bonds is 1. The zero-order valence-corrected chi connectivity index (χ0v) is 11.7. The fourth-order valence-corrected chi connectivity index (χ4v) is 2.73. The standard InChI is InChI=1S/C15H13BrFNO/c16-10-4-5-12-13(18)8-14(19-15(12)7-10)9-2-1-3-11(17)6-9/h1-7,13-14H,8,18H2/t13-,14?/m1/s1. The Morgan fingerprint density at radius 2 is 2.05 bits per heavy atom. The van der Waals surface area contributed by atoms with Crippen LogP contribution in [0.25, 0.3) is 0 Å². The average molecular weight is 322 g/mol. The molecular weight excluding hydrogens is 309 g/mol. The molecule has 0 bridgehead atoms. The number of halogens is 2. The summed E-state index contributed by atoms with van der Waals surface area (Å²) in [4.78, 5) is 0. The fraction of sp³-hybridized carbons (Fsp3) is 0.200. The van der Waals surface area contributed by atoms with E-state index in [1.165, 1.54) is 12.1 Å². The van der Waals surface area contributed by atoms with Crippen molar-refractivity contribution in [3.05, 3.63) is 63.9 Å². The first-order chi connectivity index (χ1) is 9.13. The summed E-state index contributed by atoms with van der Waals surface area (Å²) >= 11 is 3.42. The van der Waals surface area contributed by atoms with E-state index in [0.717, 1.165) is 21.3 Å². The number of fused-ring (bicyclic) bond motifs is 1. The van der Waals surface area contributed by atoms with Crippen molar-refractivity contribution in [1.29, 1.82) is 0 Å². The third-order valence-corrected chi connectivity index (χ3v) is 3.83. The fourth-order valence-electron chi connectivity index (χ4n) is 2.39. The minimum absolute atomic E-state index is 0.0925. The Kier molecular flexibility index (Phi) is 3.29. The van der Waals surface area contributed by atoms with E-state index in [4.69, 9.17) is 10.5 Å². The van der Waals surface area contributed by atoms with E-state index in [2.05, 4.69) is 15.9 Å². The lowest BCUT2D eigenvalue weighted by Crippen LogP contribution is -2.24. The maximum atomic E-state index is 13.3. The zero-order valence-electron chi connectivity index (χ0n) is 10.1. The van der Waals surface area contributed by atoms with Crippen LogP contribution in [0.1, 0.15) is 29.7 Å². The van der Waals surface area contributed by atoms with E-state index in [1.807, 2.05) is 24.3 Å². The van der Waals surface area contributed by atoms with E-state index in [9.17, 15) is 4.39 Å². The van der Waals surface area contributed by atoms with Crippen LogP contribution in [0.2, 0.25) is 0 Å². The second kappa shape index (κ2) is 4.94. The second-order valence-corrected chi connectivity index (χ2v) is 5.60. The SMILES string of the molecule is N[C@@H]1CC(c2cccc(F)c2)Oc2cc(Br)ccc21. The lowest BCUT2D eigenvalue weighted by molar-refractivity contribution is 0.161. The van der Waals surface area contributed by atoms with Crippen LogP contribution in [0.5, 0.6) is 5.75 Å². The van der Waals surface area contributed by atoms with Crippen LogP contribution in [0.15, 0.2) is 46.9 Å². The van der Waals surface area contributed by atoms with Crippen molar-refractivity contribution in [3.63, 3.8) is 0 Å². The highest BCUT2D eigenvalue weighted by Gasteiger charge is 2.27. The molecule has 2 N–H and O–H groups in total. The molecule has 0 radical (unpaired) electrons. The Morgan fingerprint density at radius 3 is 2.84 bits per heavy atom. The summed E-state index contributed by atoms with van der Waals surface area (Å²) in [5.74, 6) is 0.511. The van der Waals surface area contributed by atoms with E-state index < -0.39 is 0 Å². The highest BCUT2D eigenvalue weighted by atomic mass is 79.9. The normalized spacial score (nSPS) is 21.6. The average Bonchev–Trinajstić information content (AvgIpc) is 2.38. The monoisotopic (exact) mass is 321 g/mol. The van der Waals surface area contributed by atoms with Crippen molar-refractivity contribution in [2.75, 3.05) is 0 Å². The molecule has 0 saturated carbocycles. The van der Waals surface area contributed by atoms with Crippen LogP contribution in [-0.2, 0) is 0 Å². The Balaban J connectivity index is 1.96. The molecular formula is C15H13BrFNO. The van der Waals surface area contributed by atoms with Gasteiger partial charge in [0, 0.05) is 22.5 Å². The van der Waals surface area contributed by atoms with Crippen molar-refractivity contribution in [1.82, 2.24) is 0 Å². The highest BCUT2D eigenvalue weighted by molar-refractivity contribution is 9.10.